The minimum absolute atomic E-state index is 0.367. The highest BCUT2D eigenvalue weighted by molar-refractivity contribution is 5.72. The topological polar surface area (TPSA) is 55.4 Å². The summed E-state index contributed by atoms with van der Waals surface area (Å²) in [6, 6.07) is 0. The van der Waals surface area contributed by atoms with Crippen LogP contribution in [0.5, 0.6) is 0 Å². The molecule has 4 nitrogen and oxygen atoms in total. The van der Waals surface area contributed by atoms with Crippen molar-refractivity contribution in [3.63, 3.8) is 0 Å². The first-order valence-electron chi connectivity index (χ1n) is 4.17. The van der Waals surface area contributed by atoms with Crippen LogP contribution in [-0.2, 0) is 19.7 Å². The van der Waals surface area contributed by atoms with Crippen LogP contribution in [0.2, 0.25) is 0 Å². The molecule has 1 radical (unpaired) electrons. The molecule has 1 unspecified atom stereocenters. The minimum atomic E-state index is -1.36. The van der Waals surface area contributed by atoms with Gasteiger partial charge in [-0.3, -0.25) is 4.89 Å². The molecule has 0 aliphatic heterocycles. The summed E-state index contributed by atoms with van der Waals surface area (Å²) in [6.07, 6.45) is 1.59. The average molecular weight is 175 g/mol. The maximum Gasteiger partial charge on any atom is 0.373 e. The Kier molecular flexibility index (Phi) is 6.70. The normalized spacial score (nSPS) is 12.6. The van der Waals surface area contributed by atoms with Crippen LogP contribution in [0.3, 0.4) is 0 Å². The number of hydrogen-bond acceptors (Lipinski definition) is 3. The van der Waals surface area contributed by atoms with Gasteiger partial charge in [-0.15, -0.1) is 0 Å². The summed E-state index contributed by atoms with van der Waals surface area (Å²) in [5, 5.41) is 10.4. The fraction of sp³-hybridized carbons (Fsp3) is 0.875. The van der Waals surface area contributed by atoms with E-state index in [0.29, 0.717) is 6.61 Å². The molecule has 0 amide bonds. The molecule has 0 spiro atoms. The lowest BCUT2D eigenvalue weighted by Gasteiger charge is -2.02. The summed E-state index contributed by atoms with van der Waals surface area (Å²) in [6.45, 7) is 3.65. The Balaban J connectivity index is 3.14. The summed E-state index contributed by atoms with van der Waals surface area (Å²) in [5.41, 5.74) is 0. The number of rotatable bonds is 6. The van der Waals surface area contributed by atoms with E-state index in [0.717, 1.165) is 19.3 Å². The van der Waals surface area contributed by atoms with Crippen molar-refractivity contribution in [3.05, 3.63) is 0 Å². The zero-order valence-electron chi connectivity index (χ0n) is 7.54. The van der Waals surface area contributed by atoms with Gasteiger partial charge in [0.15, 0.2) is 6.10 Å². The van der Waals surface area contributed by atoms with E-state index < -0.39 is 12.1 Å². The highest BCUT2D eigenvalue weighted by atomic mass is 17.2. The van der Waals surface area contributed by atoms with Gasteiger partial charge in [-0.05, 0) is 13.3 Å². The highest BCUT2D eigenvalue weighted by Crippen LogP contribution is 1.95. The number of carbonyl (C=O) groups excluding carboxylic acids is 1. The largest absolute Gasteiger partial charge is 0.373 e. The third-order valence-electron chi connectivity index (χ3n) is 1.30. The van der Waals surface area contributed by atoms with Gasteiger partial charge in [0.1, 0.15) is 0 Å². The Labute approximate surface area is 72.4 Å². The van der Waals surface area contributed by atoms with E-state index in [4.69, 9.17) is 0 Å². The van der Waals surface area contributed by atoms with Gasteiger partial charge in [-0.2, -0.15) is 4.89 Å². The molecule has 0 saturated carbocycles. The minimum Gasteiger partial charge on any atom is -0.295 e. The molecule has 71 valence electrons. The van der Waals surface area contributed by atoms with Crippen LogP contribution in [0.4, 0.5) is 0 Å². The molecular formula is C8H15O4. The molecule has 4 heteroatoms. The molecule has 0 aromatic carbocycles. The van der Waals surface area contributed by atoms with Gasteiger partial charge in [0, 0.05) is 0 Å². The van der Waals surface area contributed by atoms with Gasteiger partial charge >= 0.3 is 5.97 Å². The van der Waals surface area contributed by atoms with Crippen LogP contribution in [0, 0.1) is 0 Å². The monoisotopic (exact) mass is 175 g/mol. The number of unbranched alkanes of at least 4 members (excludes halogenated alkanes) is 2. The molecule has 0 N–H and O–H groups in total. The smallest absolute Gasteiger partial charge is 0.295 e. The van der Waals surface area contributed by atoms with Gasteiger partial charge in [0.05, 0.1) is 6.61 Å². The summed E-state index contributed by atoms with van der Waals surface area (Å²) in [5.74, 6) is -0.855. The zero-order chi connectivity index (χ0) is 9.40. The van der Waals surface area contributed by atoms with Crippen molar-refractivity contribution < 1.29 is 19.7 Å². The van der Waals surface area contributed by atoms with Gasteiger partial charge in [0.25, 0.3) is 0 Å². The predicted molar refractivity (Wildman–Crippen MR) is 41.7 cm³/mol. The average Bonchev–Trinajstić information content (AvgIpc) is 2.03. The predicted octanol–water partition coefficient (Wildman–Crippen LogP) is 1.47. The Morgan fingerprint density at radius 1 is 1.42 bits per heavy atom. The van der Waals surface area contributed by atoms with E-state index in [1.165, 1.54) is 6.92 Å². The fourth-order valence-electron chi connectivity index (χ4n) is 0.578. The number of hydrogen-bond donors (Lipinski definition) is 0. The van der Waals surface area contributed by atoms with Crippen molar-refractivity contribution in [3.8, 4) is 0 Å². The standard InChI is InChI=1S/C8H15O4/c1-3-4-5-6-11-12-8(10)7(2)9/h7H,3-6H2,1-2H3. The maximum atomic E-state index is 10.5. The second kappa shape index (κ2) is 7.06. The molecule has 12 heavy (non-hydrogen) atoms. The van der Waals surface area contributed by atoms with Gasteiger partial charge in [-0.25, -0.2) is 9.90 Å². The molecule has 0 fully saturated rings. The lowest BCUT2D eigenvalue weighted by Crippen LogP contribution is -2.18. The lowest BCUT2D eigenvalue weighted by atomic mass is 10.3. The number of carbonyl (C=O) groups is 1. The van der Waals surface area contributed by atoms with Crippen molar-refractivity contribution in [2.24, 2.45) is 0 Å². The van der Waals surface area contributed by atoms with Crippen molar-refractivity contribution in [1.82, 2.24) is 0 Å². The third-order valence-corrected chi connectivity index (χ3v) is 1.30. The van der Waals surface area contributed by atoms with Crippen LogP contribution < -0.4 is 0 Å². The summed E-state index contributed by atoms with van der Waals surface area (Å²) in [7, 11) is 0. The van der Waals surface area contributed by atoms with Gasteiger partial charge in [-0.1, -0.05) is 19.8 Å². The Hall–Kier alpha value is -0.610. The second-order valence-electron chi connectivity index (χ2n) is 2.57. The molecule has 0 aliphatic carbocycles. The molecule has 0 heterocycles. The van der Waals surface area contributed by atoms with Crippen molar-refractivity contribution in [2.45, 2.75) is 39.2 Å². The van der Waals surface area contributed by atoms with E-state index in [1.807, 2.05) is 0 Å². The summed E-state index contributed by atoms with van der Waals surface area (Å²) in [4.78, 5) is 19.2. The van der Waals surface area contributed by atoms with E-state index in [-0.39, 0.29) is 0 Å². The van der Waals surface area contributed by atoms with E-state index in [2.05, 4.69) is 16.7 Å². The third kappa shape index (κ3) is 6.12. The Bertz CT molecular complexity index is 122. The highest BCUT2D eigenvalue weighted by Gasteiger charge is 2.12. The van der Waals surface area contributed by atoms with E-state index in [9.17, 15) is 9.90 Å². The molecule has 0 aliphatic rings. The first kappa shape index (κ1) is 11.4. The van der Waals surface area contributed by atoms with Crippen LogP contribution in [0.15, 0.2) is 0 Å². The molecule has 0 bridgehead atoms. The van der Waals surface area contributed by atoms with Crippen molar-refractivity contribution in [2.75, 3.05) is 6.61 Å². The van der Waals surface area contributed by atoms with E-state index >= 15 is 0 Å². The maximum absolute atomic E-state index is 10.5. The first-order valence-corrected chi connectivity index (χ1v) is 4.17. The van der Waals surface area contributed by atoms with Gasteiger partial charge in [0.2, 0.25) is 0 Å². The fourth-order valence-corrected chi connectivity index (χ4v) is 0.578. The van der Waals surface area contributed by atoms with Crippen LogP contribution in [0.1, 0.15) is 33.1 Å². The lowest BCUT2D eigenvalue weighted by molar-refractivity contribution is -0.280. The first-order chi connectivity index (χ1) is 5.68. The quantitative estimate of drug-likeness (QED) is 0.349. The zero-order valence-corrected chi connectivity index (χ0v) is 7.54. The summed E-state index contributed by atoms with van der Waals surface area (Å²) < 4.78 is 0. The molecular weight excluding hydrogens is 160 g/mol. The molecule has 0 saturated heterocycles. The molecule has 0 aromatic heterocycles. The second-order valence-corrected chi connectivity index (χ2v) is 2.57. The Morgan fingerprint density at radius 3 is 2.58 bits per heavy atom. The SMILES string of the molecule is CCCCCOOC(=O)C(C)[O]. The van der Waals surface area contributed by atoms with E-state index in [1.54, 1.807) is 0 Å². The Morgan fingerprint density at radius 2 is 2.08 bits per heavy atom. The van der Waals surface area contributed by atoms with Crippen molar-refractivity contribution >= 4 is 5.97 Å². The van der Waals surface area contributed by atoms with Crippen LogP contribution >= 0.6 is 0 Å². The molecule has 0 aromatic rings. The molecule has 1 atom stereocenters. The molecule has 0 rings (SSSR count). The van der Waals surface area contributed by atoms with Gasteiger partial charge < -0.3 is 0 Å². The van der Waals surface area contributed by atoms with Crippen LogP contribution in [-0.4, -0.2) is 18.7 Å². The van der Waals surface area contributed by atoms with Crippen LogP contribution in [0.25, 0.3) is 0 Å². The summed E-state index contributed by atoms with van der Waals surface area (Å²) >= 11 is 0. The van der Waals surface area contributed by atoms with Crippen molar-refractivity contribution in [1.29, 1.82) is 0 Å².